The number of fused-ring (bicyclic) bond motifs is 3. The molecule has 2 bridgehead atoms. The van der Waals surface area contributed by atoms with Gasteiger partial charge >= 0.3 is 0 Å². The van der Waals surface area contributed by atoms with E-state index in [0.717, 1.165) is 18.6 Å². The van der Waals surface area contributed by atoms with Crippen molar-refractivity contribution in [3.05, 3.63) is 35.4 Å². The molecule has 1 saturated carbocycles. The molecule has 3 rings (SSSR count). The molecule has 0 saturated heterocycles. The van der Waals surface area contributed by atoms with Crippen LogP contribution >= 0.6 is 0 Å². The Bertz CT molecular complexity index is 376. The van der Waals surface area contributed by atoms with E-state index in [-0.39, 0.29) is 0 Å². The molecule has 78 valence electrons. The summed E-state index contributed by atoms with van der Waals surface area (Å²) < 4.78 is 0. The molecule has 1 N–H and O–H groups in total. The summed E-state index contributed by atoms with van der Waals surface area (Å²) in [7, 11) is 0. The van der Waals surface area contributed by atoms with Crippen LogP contribution in [0.4, 0.5) is 0 Å². The number of nitrogens with zero attached hydrogens (tertiary/aromatic N) is 1. The Kier molecular flexibility index (Phi) is 2.01. The van der Waals surface area contributed by atoms with E-state index >= 15 is 0 Å². The van der Waals surface area contributed by atoms with E-state index < -0.39 is 0 Å². The van der Waals surface area contributed by atoms with E-state index in [2.05, 4.69) is 29.4 Å². The summed E-state index contributed by atoms with van der Waals surface area (Å²) in [5.41, 5.74) is 3.95. The summed E-state index contributed by atoms with van der Waals surface area (Å²) in [5.74, 6) is 0.979. The monoisotopic (exact) mass is 201 g/mol. The Morgan fingerprint density at radius 2 is 1.53 bits per heavy atom. The first-order valence-corrected chi connectivity index (χ1v) is 5.67. The van der Waals surface area contributed by atoms with Gasteiger partial charge in [-0.1, -0.05) is 29.4 Å². The van der Waals surface area contributed by atoms with Crippen molar-refractivity contribution in [3.63, 3.8) is 0 Å². The normalized spacial score (nSPS) is 28.4. The molecular weight excluding hydrogens is 186 g/mol. The lowest BCUT2D eigenvalue weighted by Gasteiger charge is -2.11. The zero-order valence-electron chi connectivity index (χ0n) is 8.69. The highest BCUT2D eigenvalue weighted by Crippen LogP contribution is 2.37. The highest BCUT2D eigenvalue weighted by Gasteiger charge is 2.35. The van der Waals surface area contributed by atoms with Crippen LogP contribution in [0.25, 0.3) is 0 Å². The van der Waals surface area contributed by atoms with Gasteiger partial charge in [0.1, 0.15) is 0 Å². The lowest BCUT2D eigenvalue weighted by Crippen LogP contribution is -2.14. The van der Waals surface area contributed by atoms with Crippen molar-refractivity contribution in [2.24, 2.45) is 17.0 Å². The Morgan fingerprint density at radius 3 is 2.00 bits per heavy atom. The third-order valence-electron chi connectivity index (χ3n) is 3.87. The number of hydrogen-bond acceptors (Lipinski definition) is 2. The van der Waals surface area contributed by atoms with Crippen LogP contribution in [0.5, 0.6) is 0 Å². The van der Waals surface area contributed by atoms with Crippen LogP contribution in [-0.4, -0.2) is 10.9 Å². The summed E-state index contributed by atoms with van der Waals surface area (Å²) >= 11 is 0. The van der Waals surface area contributed by atoms with Crippen molar-refractivity contribution in [3.8, 4) is 0 Å². The first-order valence-electron chi connectivity index (χ1n) is 5.67. The lowest BCUT2D eigenvalue weighted by molar-refractivity contribution is 0.313. The van der Waals surface area contributed by atoms with E-state index in [0.29, 0.717) is 11.8 Å². The van der Waals surface area contributed by atoms with Crippen LogP contribution in [0.1, 0.15) is 24.0 Å². The van der Waals surface area contributed by atoms with Gasteiger partial charge in [-0.15, -0.1) is 0 Å². The smallest absolute Gasteiger partial charge is 0.0639 e. The number of hydrogen-bond donors (Lipinski definition) is 1. The van der Waals surface area contributed by atoms with Crippen molar-refractivity contribution in [2.45, 2.75) is 25.7 Å². The van der Waals surface area contributed by atoms with Gasteiger partial charge in [0.05, 0.1) is 5.71 Å². The minimum Gasteiger partial charge on any atom is -0.411 e. The SMILES string of the molecule is ON=C1C2CCC1Cc1ccccc1C2. The fourth-order valence-electron chi connectivity index (χ4n) is 3.09. The van der Waals surface area contributed by atoms with E-state index in [1.807, 2.05) is 0 Å². The molecule has 2 unspecified atom stereocenters. The second kappa shape index (κ2) is 3.37. The van der Waals surface area contributed by atoms with E-state index in [1.54, 1.807) is 0 Å². The number of oxime groups is 1. The standard InChI is InChI=1S/C13H15NO/c15-14-13-11-5-6-12(13)8-10-4-2-1-3-9(10)7-11/h1-4,11-12,15H,5-8H2. The van der Waals surface area contributed by atoms with Gasteiger partial charge in [0.2, 0.25) is 0 Å². The van der Waals surface area contributed by atoms with Crippen LogP contribution in [-0.2, 0) is 12.8 Å². The van der Waals surface area contributed by atoms with Crippen LogP contribution < -0.4 is 0 Å². The zero-order valence-corrected chi connectivity index (χ0v) is 8.69. The molecule has 0 heterocycles. The van der Waals surface area contributed by atoms with E-state index in [9.17, 15) is 0 Å². The highest BCUT2D eigenvalue weighted by molar-refractivity contribution is 5.91. The summed E-state index contributed by atoms with van der Waals surface area (Å²) in [4.78, 5) is 0. The van der Waals surface area contributed by atoms with Gasteiger partial charge in [-0.25, -0.2) is 0 Å². The molecule has 1 aromatic rings. The third-order valence-corrected chi connectivity index (χ3v) is 3.87. The second-order valence-corrected chi connectivity index (χ2v) is 4.67. The summed E-state index contributed by atoms with van der Waals surface area (Å²) in [5, 5.41) is 12.6. The largest absolute Gasteiger partial charge is 0.411 e. The maximum atomic E-state index is 9.06. The van der Waals surface area contributed by atoms with Crippen LogP contribution in [0.2, 0.25) is 0 Å². The zero-order chi connectivity index (χ0) is 10.3. The fourth-order valence-corrected chi connectivity index (χ4v) is 3.09. The van der Waals surface area contributed by atoms with Gasteiger partial charge in [0.15, 0.2) is 0 Å². The molecule has 1 fully saturated rings. The summed E-state index contributed by atoms with van der Waals surface area (Å²) in [6.45, 7) is 0. The molecule has 0 amide bonds. The highest BCUT2D eigenvalue weighted by atomic mass is 16.4. The van der Waals surface area contributed by atoms with Crippen LogP contribution in [0, 0.1) is 11.8 Å². The Labute approximate surface area is 89.6 Å². The van der Waals surface area contributed by atoms with E-state index in [4.69, 9.17) is 5.21 Å². The molecule has 2 nitrogen and oxygen atoms in total. The molecule has 0 aromatic heterocycles. The molecule has 2 atom stereocenters. The Morgan fingerprint density at radius 1 is 1.00 bits per heavy atom. The average molecular weight is 201 g/mol. The predicted octanol–water partition coefficient (Wildman–Crippen LogP) is 2.64. The van der Waals surface area contributed by atoms with Crippen LogP contribution in [0.15, 0.2) is 29.4 Å². The predicted molar refractivity (Wildman–Crippen MR) is 59.3 cm³/mol. The maximum absolute atomic E-state index is 9.06. The van der Waals surface area contributed by atoms with Crippen molar-refractivity contribution < 1.29 is 5.21 Å². The Balaban J connectivity index is 2.04. The molecule has 1 aromatic carbocycles. The van der Waals surface area contributed by atoms with Gasteiger partial charge in [0, 0.05) is 11.8 Å². The molecule has 0 radical (unpaired) electrons. The molecule has 0 aliphatic heterocycles. The molecule has 2 aliphatic carbocycles. The van der Waals surface area contributed by atoms with Gasteiger partial charge < -0.3 is 5.21 Å². The quantitative estimate of drug-likeness (QED) is 0.508. The average Bonchev–Trinajstić information content (AvgIpc) is 2.54. The van der Waals surface area contributed by atoms with Gasteiger partial charge in [-0.3, -0.25) is 0 Å². The molecule has 2 heteroatoms. The first kappa shape index (κ1) is 8.96. The number of benzene rings is 1. The van der Waals surface area contributed by atoms with Crippen molar-refractivity contribution >= 4 is 5.71 Å². The molecule has 0 spiro atoms. The topological polar surface area (TPSA) is 32.6 Å². The number of rotatable bonds is 0. The molecule has 2 aliphatic rings. The maximum Gasteiger partial charge on any atom is 0.0639 e. The minimum absolute atomic E-state index is 0.489. The van der Waals surface area contributed by atoms with Gasteiger partial charge in [0.25, 0.3) is 0 Å². The lowest BCUT2D eigenvalue weighted by atomic mass is 9.94. The van der Waals surface area contributed by atoms with Crippen molar-refractivity contribution in [2.75, 3.05) is 0 Å². The Hall–Kier alpha value is -1.31. The molecule has 15 heavy (non-hydrogen) atoms. The second-order valence-electron chi connectivity index (χ2n) is 4.67. The third kappa shape index (κ3) is 1.36. The van der Waals surface area contributed by atoms with E-state index in [1.165, 1.54) is 24.0 Å². The minimum atomic E-state index is 0.489. The van der Waals surface area contributed by atoms with Gasteiger partial charge in [-0.2, -0.15) is 0 Å². The summed E-state index contributed by atoms with van der Waals surface area (Å²) in [6.07, 6.45) is 4.51. The van der Waals surface area contributed by atoms with Crippen molar-refractivity contribution in [1.29, 1.82) is 0 Å². The fraction of sp³-hybridized carbons (Fsp3) is 0.462. The van der Waals surface area contributed by atoms with Crippen LogP contribution in [0.3, 0.4) is 0 Å². The molecular formula is C13H15NO. The van der Waals surface area contributed by atoms with Crippen molar-refractivity contribution in [1.82, 2.24) is 0 Å². The first-order chi connectivity index (χ1) is 7.38. The summed E-state index contributed by atoms with van der Waals surface area (Å²) in [6, 6.07) is 8.64. The van der Waals surface area contributed by atoms with Gasteiger partial charge in [-0.05, 0) is 36.8 Å².